The second kappa shape index (κ2) is 7.32. The third-order valence-electron chi connectivity index (χ3n) is 3.77. The van der Waals surface area contributed by atoms with Crippen molar-refractivity contribution in [3.8, 4) is 5.75 Å². The zero-order chi connectivity index (χ0) is 17.9. The van der Waals surface area contributed by atoms with Crippen LogP contribution in [-0.2, 0) is 10.0 Å². The van der Waals surface area contributed by atoms with E-state index < -0.39 is 21.9 Å². The van der Waals surface area contributed by atoms with E-state index in [1.165, 1.54) is 24.6 Å². The molecule has 2 aromatic carbocycles. The van der Waals surface area contributed by atoms with Gasteiger partial charge in [0.1, 0.15) is 18.2 Å². The standard InChI is InChI=1S/C18H22FNO3S/c1-12-5-6-16(9-13(12)2)23-11-15(4)20-24(21,22)17-7-8-18(19)14(3)10-17/h5-10,15,20H,11H2,1-4H3. The van der Waals surface area contributed by atoms with E-state index in [9.17, 15) is 12.8 Å². The highest BCUT2D eigenvalue weighted by molar-refractivity contribution is 7.89. The van der Waals surface area contributed by atoms with Crippen LogP contribution in [0.5, 0.6) is 5.75 Å². The average Bonchev–Trinajstić information content (AvgIpc) is 2.50. The van der Waals surface area contributed by atoms with Crippen molar-refractivity contribution >= 4 is 10.0 Å². The van der Waals surface area contributed by atoms with Gasteiger partial charge in [-0.3, -0.25) is 0 Å². The Hall–Kier alpha value is -1.92. The van der Waals surface area contributed by atoms with Gasteiger partial charge in [-0.25, -0.2) is 17.5 Å². The summed E-state index contributed by atoms with van der Waals surface area (Å²) >= 11 is 0. The van der Waals surface area contributed by atoms with Crippen LogP contribution >= 0.6 is 0 Å². The molecule has 0 aliphatic carbocycles. The van der Waals surface area contributed by atoms with Crippen molar-refractivity contribution in [1.82, 2.24) is 4.72 Å². The van der Waals surface area contributed by atoms with E-state index in [2.05, 4.69) is 4.72 Å². The third kappa shape index (κ3) is 4.55. The molecule has 0 radical (unpaired) electrons. The molecule has 4 nitrogen and oxygen atoms in total. The van der Waals surface area contributed by atoms with Gasteiger partial charge in [-0.15, -0.1) is 0 Å². The van der Waals surface area contributed by atoms with E-state index in [1.54, 1.807) is 6.92 Å². The Kier molecular flexibility index (Phi) is 5.62. The van der Waals surface area contributed by atoms with Crippen molar-refractivity contribution in [2.24, 2.45) is 0 Å². The molecule has 0 amide bonds. The summed E-state index contributed by atoms with van der Waals surface area (Å²) in [6.07, 6.45) is 0. The highest BCUT2D eigenvalue weighted by atomic mass is 32.2. The molecule has 2 aromatic rings. The van der Waals surface area contributed by atoms with Crippen molar-refractivity contribution in [3.05, 3.63) is 58.9 Å². The van der Waals surface area contributed by atoms with Gasteiger partial charge in [-0.05, 0) is 74.7 Å². The molecule has 1 atom stereocenters. The molecule has 1 N–H and O–H groups in total. The van der Waals surface area contributed by atoms with Crippen LogP contribution in [0.15, 0.2) is 41.3 Å². The van der Waals surface area contributed by atoms with Crippen molar-refractivity contribution in [2.75, 3.05) is 6.61 Å². The van der Waals surface area contributed by atoms with Gasteiger partial charge >= 0.3 is 0 Å². The van der Waals surface area contributed by atoms with Gasteiger partial charge < -0.3 is 4.74 Å². The first-order chi connectivity index (χ1) is 11.2. The van der Waals surface area contributed by atoms with Crippen LogP contribution in [-0.4, -0.2) is 21.1 Å². The summed E-state index contributed by atoms with van der Waals surface area (Å²) in [5, 5.41) is 0. The molecule has 130 valence electrons. The largest absolute Gasteiger partial charge is 0.492 e. The predicted molar refractivity (Wildman–Crippen MR) is 92.3 cm³/mol. The number of aryl methyl sites for hydroxylation is 3. The van der Waals surface area contributed by atoms with Crippen LogP contribution in [0, 0.1) is 26.6 Å². The summed E-state index contributed by atoms with van der Waals surface area (Å²) in [5.74, 6) is 0.266. The van der Waals surface area contributed by atoms with Crippen molar-refractivity contribution in [1.29, 1.82) is 0 Å². The Morgan fingerprint density at radius 1 is 1.04 bits per heavy atom. The van der Waals surface area contributed by atoms with Crippen molar-refractivity contribution < 1.29 is 17.5 Å². The molecule has 0 bridgehead atoms. The highest BCUT2D eigenvalue weighted by Gasteiger charge is 2.18. The molecule has 0 fully saturated rings. The first-order valence-corrected chi connectivity index (χ1v) is 9.16. The fourth-order valence-electron chi connectivity index (χ4n) is 2.18. The van der Waals surface area contributed by atoms with Crippen LogP contribution in [0.1, 0.15) is 23.6 Å². The summed E-state index contributed by atoms with van der Waals surface area (Å²) in [6, 6.07) is 9.02. The molecular formula is C18H22FNO3S. The van der Waals surface area contributed by atoms with Crippen molar-refractivity contribution in [3.63, 3.8) is 0 Å². The van der Waals surface area contributed by atoms with Gasteiger partial charge in [0.2, 0.25) is 10.0 Å². The molecule has 6 heteroatoms. The topological polar surface area (TPSA) is 55.4 Å². The fraction of sp³-hybridized carbons (Fsp3) is 0.333. The number of hydrogen-bond acceptors (Lipinski definition) is 3. The van der Waals surface area contributed by atoms with E-state index in [-0.39, 0.29) is 17.1 Å². The molecule has 0 spiro atoms. The lowest BCUT2D eigenvalue weighted by Crippen LogP contribution is -2.36. The van der Waals surface area contributed by atoms with Crippen LogP contribution in [0.2, 0.25) is 0 Å². The fourth-order valence-corrected chi connectivity index (χ4v) is 3.49. The SMILES string of the molecule is Cc1ccc(OCC(C)NS(=O)(=O)c2ccc(F)c(C)c2)cc1C. The maximum Gasteiger partial charge on any atom is 0.240 e. The Balaban J connectivity index is 2.01. The average molecular weight is 351 g/mol. The third-order valence-corrected chi connectivity index (χ3v) is 5.36. The lowest BCUT2D eigenvalue weighted by atomic mass is 10.1. The number of halogens is 1. The number of ether oxygens (including phenoxy) is 1. The first kappa shape index (κ1) is 18.4. The first-order valence-electron chi connectivity index (χ1n) is 7.67. The van der Waals surface area contributed by atoms with E-state index in [0.717, 1.165) is 11.6 Å². The minimum atomic E-state index is -3.71. The smallest absolute Gasteiger partial charge is 0.240 e. The summed E-state index contributed by atoms with van der Waals surface area (Å²) in [6.45, 7) is 7.45. The molecule has 24 heavy (non-hydrogen) atoms. The van der Waals surface area contributed by atoms with E-state index in [4.69, 9.17) is 4.74 Å². The van der Waals surface area contributed by atoms with E-state index >= 15 is 0 Å². The zero-order valence-corrected chi connectivity index (χ0v) is 15.1. The molecule has 0 heterocycles. The number of sulfonamides is 1. The quantitative estimate of drug-likeness (QED) is 0.867. The molecule has 0 saturated heterocycles. The van der Waals surface area contributed by atoms with Crippen LogP contribution < -0.4 is 9.46 Å². The summed E-state index contributed by atoms with van der Waals surface area (Å²) in [5.41, 5.74) is 2.57. The maximum atomic E-state index is 13.3. The number of rotatable bonds is 6. The molecule has 2 rings (SSSR count). The number of benzene rings is 2. The number of hydrogen-bond donors (Lipinski definition) is 1. The predicted octanol–water partition coefficient (Wildman–Crippen LogP) is 3.50. The molecular weight excluding hydrogens is 329 g/mol. The Bertz CT molecular complexity index is 834. The maximum absolute atomic E-state index is 13.3. The zero-order valence-electron chi connectivity index (χ0n) is 14.3. The molecule has 0 saturated carbocycles. The second-order valence-electron chi connectivity index (χ2n) is 5.99. The van der Waals surface area contributed by atoms with Gasteiger partial charge in [0.05, 0.1) is 10.9 Å². The second-order valence-corrected chi connectivity index (χ2v) is 7.70. The van der Waals surface area contributed by atoms with Gasteiger partial charge in [-0.1, -0.05) is 6.07 Å². The van der Waals surface area contributed by atoms with E-state index in [1.807, 2.05) is 32.0 Å². The van der Waals surface area contributed by atoms with E-state index in [0.29, 0.717) is 5.75 Å². The van der Waals surface area contributed by atoms with Crippen LogP contribution in [0.25, 0.3) is 0 Å². The molecule has 1 unspecified atom stereocenters. The van der Waals surface area contributed by atoms with Crippen LogP contribution in [0.3, 0.4) is 0 Å². The summed E-state index contributed by atoms with van der Waals surface area (Å²) in [7, 11) is -3.71. The molecule has 0 aliphatic heterocycles. The van der Waals surface area contributed by atoms with Gasteiger partial charge in [0.15, 0.2) is 0 Å². The Morgan fingerprint density at radius 2 is 1.75 bits per heavy atom. The Labute approximate surface area is 142 Å². The Morgan fingerprint density at radius 3 is 2.38 bits per heavy atom. The normalized spacial score (nSPS) is 12.9. The van der Waals surface area contributed by atoms with Gasteiger partial charge in [-0.2, -0.15) is 0 Å². The van der Waals surface area contributed by atoms with Gasteiger partial charge in [0.25, 0.3) is 0 Å². The molecule has 0 aliphatic rings. The van der Waals surface area contributed by atoms with Crippen LogP contribution in [0.4, 0.5) is 4.39 Å². The number of nitrogens with one attached hydrogen (secondary N) is 1. The van der Waals surface area contributed by atoms with Gasteiger partial charge in [0, 0.05) is 0 Å². The summed E-state index contributed by atoms with van der Waals surface area (Å²) in [4.78, 5) is 0.0411. The highest BCUT2D eigenvalue weighted by Crippen LogP contribution is 2.17. The lowest BCUT2D eigenvalue weighted by Gasteiger charge is -2.16. The van der Waals surface area contributed by atoms with Crippen molar-refractivity contribution in [2.45, 2.75) is 38.6 Å². The lowest BCUT2D eigenvalue weighted by molar-refractivity contribution is 0.287. The minimum Gasteiger partial charge on any atom is -0.492 e. The minimum absolute atomic E-state index is 0.0411. The summed E-state index contributed by atoms with van der Waals surface area (Å²) < 4.78 is 46.1. The molecule has 0 aromatic heterocycles. The monoisotopic (exact) mass is 351 g/mol.